The van der Waals surface area contributed by atoms with Gasteiger partial charge in [-0.3, -0.25) is 0 Å². The molecule has 0 atom stereocenters. The van der Waals surface area contributed by atoms with Crippen molar-refractivity contribution in [1.29, 1.82) is 0 Å². The molecule has 1 aliphatic carbocycles. The van der Waals surface area contributed by atoms with Gasteiger partial charge in [-0.25, -0.2) is 13.6 Å². The Labute approximate surface area is 160 Å². The summed E-state index contributed by atoms with van der Waals surface area (Å²) in [5.41, 5.74) is 3.09. The zero-order valence-corrected chi connectivity index (χ0v) is 16.9. The van der Waals surface area contributed by atoms with Crippen LogP contribution in [0.2, 0.25) is 0 Å². The lowest BCUT2D eigenvalue weighted by molar-refractivity contribution is 0.0786. The lowest BCUT2D eigenvalue weighted by Crippen LogP contribution is -2.36. The van der Waals surface area contributed by atoms with E-state index in [1.807, 2.05) is 37.3 Å². The van der Waals surface area contributed by atoms with Gasteiger partial charge in [0.05, 0.1) is 17.0 Å². The second-order valence-electron chi connectivity index (χ2n) is 8.08. The standard InChI is InChI=1S/C20H25N3O3S/c1-13-5-8-15(20(2,3)24)11-16(13)17-9-10-18-19(21-17)22(4)27(25,26)23(18)12-14-6-7-14/h5,8-11,14,24H,6-7,12H2,1-4H3. The SMILES string of the molecule is Cc1ccc(C(C)(C)O)cc1-c1ccc2c(n1)N(C)S(=O)(=O)N2CC1CC1. The molecular formula is C20H25N3O3S. The Morgan fingerprint density at radius 3 is 2.56 bits per heavy atom. The van der Waals surface area contributed by atoms with E-state index in [2.05, 4.69) is 4.98 Å². The van der Waals surface area contributed by atoms with Gasteiger partial charge in [-0.15, -0.1) is 0 Å². The average Bonchev–Trinajstić information content (AvgIpc) is 3.39. The first-order chi connectivity index (χ1) is 12.6. The molecule has 27 heavy (non-hydrogen) atoms. The van der Waals surface area contributed by atoms with Gasteiger partial charge in [0.1, 0.15) is 0 Å². The Hall–Kier alpha value is -2.12. The van der Waals surface area contributed by atoms with Crippen molar-refractivity contribution < 1.29 is 13.5 Å². The monoisotopic (exact) mass is 387 g/mol. The second-order valence-corrected chi connectivity index (χ2v) is 9.96. The highest BCUT2D eigenvalue weighted by Crippen LogP contribution is 2.43. The first-order valence-electron chi connectivity index (χ1n) is 9.20. The van der Waals surface area contributed by atoms with E-state index >= 15 is 0 Å². The number of hydrogen-bond donors (Lipinski definition) is 1. The van der Waals surface area contributed by atoms with Crippen molar-refractivity contribution in [3.8, 4) is 11.3 Å². The third-order valence-electron chi connectivity index (χ3n) is 5.39. The molecule has 0 saturated heterocycles. The van der Waals surface area contributed by atoms with E-state index in [4.69, 9.17) is 0 Å². The molecule has 1 aromatic carbocycles. The quantitative estimate of drug-likeness (QED) is 0.874. The van der Waals surface area contributed by atoms with Crippen LogP contribution in [-0.4, -0.2) is 32.1 Å². The van der Waals surface area contributed by atoms with Crippen LogP contribution in [0.25, 0.3) is 11.3 Å². The van der Waals surface area contributed by atoms with Crippen LogP contribution in [0.4, 0.5) is 11.5 Å². The number of aliphatic hydroxyl groups is 1. The van der Waals surface area contributed by atoms with Crippen molar-refractivity contribution in [2.75, 3.05) is 22.2 Å². The van der Waals surface area contributed by atoms with Crippen LogP contribution in [0.15, 0.2) is 30.3 Å². The molecule has 4 rings (SSSR count). The molecule has 2 aliphatic rings. The number of fused-ring (bicyclic) bond motifs is 1. The molecule has 1 aliphatic heterocycles. The Morgan fingerprint density at radius 2 is 1.93 bits per heavy atom. The first-order valence-corrected chi connectivity index (χ1v) is 10.6. The van der Waals surface area contributed by atoms with Gasteiger partial charge in [0, 0.05) is 19.2 Å². The highest BCUT2D eigenvalue weighted by molar-refractivity contribution is 7.94. The van der Waals surface area contributed by atoms with Crippen molar-refractivity contribution in [1.82, 2.24) is 4.98 Å². The molecule has 144 valence electrons. The van der Waals surface area contributed by atoms with E-state index in [0.29, 0.717) is 29.7 Å². The number of rotatable bonds is 4. The molecule has 0 unspecified atom stereocenters. The van der Waals surface area contributed by atoms with Crippen LogP contribution in [0.3, 0.4) is 0 Å². The Bertz CT molecular complexity index is 1010. The first kappa shape index (κ1) is 18.3. The molecule has 0 spiro atoms. The van der Waals surface area contributed by atoms with Crippen molar-refractivity contribution >= 4 is 21.7 Å². The number of pyridine rings is 1. The summed E-state index contributed by atoms with van der Waals surface area (Å²) in [6.45, 7) is 5.99. The molecule has 2 aromatic rings. The minimum absolute atomic E-state index is 0.449. The van der Waals surface area contributed by atoms with Crippen LogP contribution in [0.5, 0.6) is 0 Å². The number of anilines is 2. The fourth-order valence-corrected chi connectivity index (χ4v) is 4.84. The average molecular weight is 388 g/mol. The highest BCUT2D eigenvalue weighted by atomic mass is 32.2. The summed E-state index contributed by atoms with van der Waals surface area (Å²) in [5, 5.41) is 10.3. The predicted octanol–water partition coefficient (Wildman–Crippen LogP) is 3.20. The molecule has 7 heteroatoms. The highest BCUT2D eigenvalue weighted by Gasteiger charge is 2.42. The summed E-state index contributed by atoms with van der Waals surface area (Å²) in [7, 11) is -2.00. The van der Waals surface area contributed by atoms with Crippen molar-refractivity contribution in [2.45, 2.75) is 39.2 Å². The molecule has 1 aromatic heterocycles. The topological polar surface area (TPSA) is 73.7 Å². The fraction of sp³-hybridized carbons (Fsp3) is 0.450. The van der Waals surface area contributed by atoms with Gasteiger partial charge < -0.3 is 5.11 Å². The van der Waals surface area contributed by atoms with Gasteiger partial charge in [-0.2, -0.15) is 8.42 Å². The van der Waals surface area contributed by atoms with E-state index in [-0.39, 0.29) is 0 Å². The van der Waals surface area contributed by atoms with E-state index in [1.54, 1.807) is 20.9 Å². The Balaban J connectivity index is 1.80. The largest absolute Gasteiger partial charge is 0.386 e. The third-order valence-corrected chi connectivity index (χ3v) is 7.15. The van der Waals surface area contributed by atoms with E-state index in [0.717, 1.165) is 29.5 Å². The molecule has 1 N–H and O–H groups in total. The summed E-state index contributed by atoms with van der Waals surface area (Å²) >= 11 is 0. The summed E-state index contributed by atoms with van der Waals surface area (Å²) in [4.78, 5) is 4.69. The lowest BCUT2D eigenvalue weighted by atomic mass is 9.93. The molecular weight excluding hydrogens is 362 g/mol. The maximum absolute atomic E-state index is 12.8. The summed E-state index contributed by atoms with van der Waals surface area (Å²) in [6, 6.07) is 9.49. The summed E-state index contributed by atoms with van der Waals surface area (Å²) in [6.07, 6.45) is 2.17. The Kier molecular flexibility index (Phi) is 4.01. The summed E-state index contributed by atoms with van der Waals surface area (Å²) in [5.74, 6) is 0.908. The zero-order chi connectivity index (χ0) is 19.6. The van der Waals surface area contributed by atoms with Gasteiger partial charge >= 0.3 is 10.2 Å². The second kappa shape index (κ2) is 5.94. The molecule has 0 radical (unpaired) electrons. The normalized spacial score (nSPS) is 18.7. The van der Waals surface area contributed by atoms with Crippen LogP contribution >= 0.6 is 0 Å². The van der Waals surface area contributed by atoms with Gasteiger partial charge in [0.25, 0.3) is 0 Å². The molecule has 1 saturated carbocycles. The number of hydrogen-bond acceptors (Lipinski definition) is 4. The van der Waals surface area contributed by atoms with Gasteiger partial charge in [-0.1, -0.05) is 12.1 Å². The van der Waals surface area contributed by atoms with Gasteiger partial charge in [0.15, 0.2) is 5.82 Å². The van der Waals surface area contributed by atoms with E-state index in [1.165, 1.54) is 8.61 Å². The minimum Gasteiger partial charge on any atom is -0.386 e. The van der Waals surface area contributed by atoms with Crippen LogP contribution in [0, 0.1) is 12.8 Å². The smallest absolute Gasteiger partial charge is 0.327 e. The van der Waals surface area contributed by atoms with E-state index in [9.17, 15) is 13.5 Å². The van der Waals surface area contributed by atoms with Crippen LogP contribution < -0.4 is 8.61 Å². The summed E-state index contributed by atoms with van der Waals surface area (Å²) < 4.78 is 28.3. The molecule has 2 heterocycles. The molecule has 0 amide bonds. The minimum atomic E-state index is -3.56. The fourth-order valence-electron chi connectivity index (χ4n) is 3.40. The maximum Gasteiger partial charge on any atom is 0.327 e. The van der Waals surface area contributed by atoms with Gasteiger partial charge in [-0.05, 0) is 68.9 Å². The van der Waals surface area contributed by atoms with Crippen molar-refractivity contribution in [2.24, 2.45) is 5.92 Å². The number of aryl methyl sites for hydroxylation is 1. The third kappa shape index (κ3) is 3.08. The van der Waals surface area contributed by atoms with Crippen molar-refractivity contribution in [3.63, 3.8) is 0 Å². The number of benzene rings is 1. The molecule has 6 nitrogen and oxygen atoms in total. The predicted molar refractivity (Wildman–Crippen MR) is 107 cm³/mol. The van der Waals surface area contributed by atoms with Gasteiger partial charge in [0.2, 0.25) is 0 Å². The maximum atomic E-state index is 12.8. The van der Waals surface area contributed by atoms with E-state index < -0.39 is 15.8 Å². The Morgan fingerprint density at radius 1 is 1.22 bits per heavy atom. The number of nitrogens with zero attached hydrogens (tertiary/aromatic N) is 3. The molecule has 1 fully saturated rings. The van der Waals surface area contributed by atoms with Crippen molar-refractivity contribution in [3.05, 3.63) is 41.5 Å². The zero-order valence-electron chi connectivity index (χ0n) is 16.1. The number of aromatic nitrogens is 1. The van der Waals surface area contributed by atoms with Crippen LogP contribution in [0.1, 0.15) is 37.8 Å². The lowest BCUT2D eigenvalue weighted by Gasteiger charge is -2.20. The molecule has 0 bridgehead atoms. The van der Waals surface area contributed by atoms with Crippen LogP contribution in [-0.2, 0) is 15.8 Å².